The molecule has 0 saturated carbocycles. The quantitative estimate of drug-likeness (QED) is 0.827. The van der Waals surface area contributed by atoms with Crippen LogP contribution < -0.4 is 15.5 Å². The van der Waals surface area contributed by atoms with Crippen LogP contribution in [0, 0.1) is 5.92 Å². The number of rotatable bonds is 4. The maximum atomic E-state index is 12.0. The van der Waals surface area contributed by atoms with Crippen LogP contribution in [0.2, 0.25) is 10.0 Å². The molecule has 132 valence electrons. The first-order chi connectivity index (χ1) is 12.1. The van der Waals surface area contributed by atoms with Crippen LogP contribution >= 0.6 is 23.2 Å². The Bertz CT molecular complexity index is 718. The normalized spacial score (nSPS) is 15.0. The second kappa shape index (κ2) is 8.41. The highest BCUT2D eigenvalue weighted by molar-refractivity contribution is 6.42. The number of halogens is 2. The van der Waals surface area contributed by atoms with E-state index in [9.17, 15) is 4.79 Å². The van der Waals surface area contributed by atoms with Crippen molar-refractivity contribution >= 4 is 40.6 Å². The van der Waals surface area contributed by atoms with Crippen molar-refractivity contribution in [3.8, 4) is 0 Å². The van der Waals surface area contributed by atoms with Gasteiger partial charge in [0.1, 0.15) is 0 Å². The summed E-state index contributed by atoms with van der Waals surface area (Å²) in [6, 6.07) is 8.82. The van der Waals surface area contributed by atoms with Gasteiger partial charge in [-0.05, 0) is 49.1 Å². The summed E-state index contributed by atoms with van der Waals surface area (Å²) in [5.41, 5.74) is 1.78. The van der Waals surface area contributed by atoms with Crippen molar-refractivity contribution in [1.29, 1.82) is 0 Å². The molecule has 1 aromatic carbocycles. The Kier molecular flexibility index (Phi) is 6.00. The molecule has 5 nitrogen and oxygen atoms in total. The molecule has 25 heavy (non-hydrogen) atoms. The smallest absolute Gasteiger partial charge is 0.319 e. The van der Waals surface area contributed by atoms with Gasteiger partial charge in [0.2, 0.25) is 0 Å². The lowest BCUT2D eigenvalue weighted by molar-refractivity contribution is 0.248. The number of piperidine rings is 1. The van der Waals surface area contributed by atoms with Crippen LogP contribution in [0.15, 0.2) is 42.7 Å². The van der Waals surface area contributed by atoms with Crippen LogP contribution in [-0.2, 0) is 0 Å². The van der Waals surface area contributed by atoms with E-state index in [1.54, 1.807) is 24.4 Å². The predicted molar refractivity (Wildman–Crippen MR) is 103 cm³/mol. The van der Waals surface area contributed by atoms with Crippen LogP contribution in [-0.4, -0.2) is 30.6 Å². The first-order valence-corrected chi connectivity index (χ1v) is 9.02. The van der Waals surface area contributed by atoms with Gasteiger partial charge >= 0.3 is 6.03 Å². The summed E-state index contributed by atoms with van der Waals surface area (Å²) >= 11 is 11.8. The Morgan fingerprint density at radius 2 is 2.00 bits per heavy atom. The summed E-state index contributed by atoms with van der Waals surface area (Å²) in [7, 11) is 0. The molecule has 0 unspecified atom stereocenters. The van der Waals surface area contributed by atoms with Gasteiger partial charge in [0, 0.05) is 31.5 Å². The number of amides is 2. The molecular weight excluding hydrogens is 359 g/mol. The van der Waals surface area contributed by atoms with Crippen LogP contribution in [0.5, 0.6) is 0 Å². The van der Waals surface area contributed by atoms with Gasteiger partial charge in [0.05, 0.1) is 21.9 Å². The molecule has 1 aliphatic rings. The van der Waals surface area contributed by atoms with E-state index >= 15 is 0 Å². The van der Waals surface area contributed by atoms with E-state index in [1.165, 1.54) is 0 Å². The number of carbonyl (C=O) groups excluding carboxylic acids is 1. The van der Waals surface area contributed by atoms with E-state index in [1.807, 2.05) is 12.3 Å². The number of benzene rings is 1. The van der Waals surface area contributed by atoms with Gasteiger partial charge in [-0.3, -0.25) is 4.98 Å². The fourth-order valence-electron chi connectivity index (χ4n) is 2.92. The summed E-state index contributed by atoms with van der Waals surface area (Å²) in [5.74, 6) is 0.479. The monoisotopic (exact) mass is 378 g/mol. The summed E-state index contributed by atoms with van der Waals surface area (Å²) in [5, 5.41) is 6.59. The van der Waals surface area contributed by atoms with E-state index in [0.717, 1.165) is 31.6 Å². The van der Waals surface area contributed by atoms with Crippen molar-refractivity contribution in [1.82, 2.24) is 10.3 Å². The minimum atomic E-state index is -0.229. The molecule has 1 aromatic heterocycles. The van der Waals surface area contributed by atoms with Gasteiger partial charge in [0.15, 0.2) is 0 Å². The van der Waals surface area contributed by atoms with Crippen molar-refractivity contribution < 1.29 is 4.79 Å². The minimum Gasteiger partial charge on any atom is -0.370 e. The Labute approximate surface area is 157 Å². The molecule has 2 heterocycles. The third-order valence-electron chi connectivity index (χ3n) is 4.35. The van der Waals surface area contributed by atoms with Crippen LogP contribution in [0.25, 0.3) is 0 Å². The lowest BCUT2D eigenvalue weighted by Gasteiger charge is -2.33. The van der Waals surface area contributed by atoms with Crippen LogP contribution in [0.1, 0.15) is 12.8 Å². The average molecular weight is 379 g/mol. The Balaban J connectivity index is 1.42. The van der Waals surface area contributed by atoms with Gasteiger partial charge in [-0.2, -0.15) is 0 Å². The van der Waals surface area contributed by atoms with E-state index in [2.05, 4.69) is 26.6 Å². The highest BCUT2D eigenvalue weighted by Crippen LogP contribution is 2.25. The number of nitrogens with zero attached hydrogens (tertiary/aromatic N) is 2. The number of carbonyl (C=O) groups is 1. The summed E-state index contributed by atoms with van der Waals surface area (Å²) in [4.78, 5) is 18.5. The zero-order valence-electron chi connectivity index (χ0n) is 13.7. The zero-order chi connectivity index (χ0) is 17.6. The fraction of sp³-hybridized carbons (Fsp3) is 0.333. The second-order valence-corrected chi connectivity index (χ2v) is 6.92. The van der Waals surface area contributed by atoms with Gasteiger partial charge in [-0.1, -0.05) is 23.2 Å². The van der Waals surface area contributed by atoms with Crippen molar-refractivity contribution in [3.63, 3.8) is 0 Å². The van der Waals surface area contributed by atoms with Gasteiger partial charge in [-0.15, -0.1) is 0 Å². The number of hydrogen-bond acceptors (Lipinski definition) is 3. The third kappa shape index (κ3) is 5.00. The predicted octanol–water partition coefficient (Wildman–Crippen LogP) is 4.43. The van der Waals surface area contributed by atoms with Crippen LogP contribution in [0.3, 0.4) is 0 Å². The number of urea groups is 1. The number of aromatic nitrogens is 1. The molecular formula is C18H20Cl2N4O. The molecule has 0 aliphatic carbocycles. The highest BCUT2D eigenvalue weighted by Gasteiger charge is 2.20. The van der Waals surface area contributed by atoms with Gasteiger partial charge < -0.3 is 15.5 Å². The van der Waals surface area contributed by atoms with Crippen molar-refractivity contribution in [2.24, 2.45) is 5.92 Å². The topological polar surface area (TPSA) is 57.3 Å². The summed E-state index contributed by atoms with van der Waals surface area (Å²) in [6.45, 7) is 2.62. The number of anilines is 2. The Hall–Kier alpha value is -1.98. The maximum absolute atomic E-state index is 12.0. The molecule has 0 spiro atoms. The first-order valence-electron chi connectivity index (χ1n) is 8.26. The molecule has 0 radical (unpaired) electrons. The molecule has 0 atom stereocenters. The highest BCUT2D eigenvalue weighted by atomic mass is 35.5. The van der Waals surface area contributed by atoms with Gasteiger partial charge in [0.25, 0.3) is 0 Å². The van der Waals surface area contributed by atoms with E-state index in [4.69, 9.17) is 23.2 Å². The average Bonchev–Trinajstić information content (AvgIpc) is 2.64. The summed E-state index contributed by atoms with van der Waals surface area (Å²) < 4.78 is 0. The Morgan fingerprint density at radius 1 is 1.20 bits per heavy atom. The lowest BCUT2D eigenvalue weighted by Crippen LogP contribution is -2.39. The van der Waals surface area contributed by atoms with Gasteiger partial charge in [-0.25, -0.2) is 4.79 Å². The molecule has 2 amide bonds. The molecule has 2 N–H and O–H groups in total. The molecule has 2 aromatic rings. The van der Waals surface area contributed by atoms with Crippen LogP contribution in [0.4, 0.5) is 16.2 Å². The fourth-order valence-corrected chi connectivity index (χ4v) is 3.22. The number of pyridine rings is 1. The molecule has 0 bridgehead atoms. The zero-order valence-corrected chi connectivity index (χ0v) is 15.2. The molecule has 1 aliphatic heterocycles. The summed E-state index contributed by atoms with van der Waals surface area (Å²) in [6.07, 6.45) is 5.76. The standard InChI is InChI=1S/C18H20Cl2N4O/c19-16-4-3-14(10-17(16)20)23-18(25)22-11-13-5-8-24(9-6-13)15-2-1-7-21-12-15/h1-4,7,10,12-13H,5-6,8-9,11H2,(H2,22,23,25). The van der Waals surface area contributed by atoms with E-state index in [-0.39, 0.29) is 6.03 Å². The second-order valence-electron chi connectivity index (χ2n) is 6.11. The number of hydrogen-bond donors (Lipinski definition) is 2. The number of nitrogens with one attached hydrogen (secondary N) is 2. The van der Waals surface area contributed by atoms with E-state index in [0.29, 0.717) is 28.2 Å². The van der Waals surface area contributed by atoms with Crippen molar-refractivity contribution in [2.45, 2.75) is 12.8 Å². The van der Waals surface area contributed by atoms with Crippen molar-refractivity contribution in [3.05, 3.63) is 52.8 Å². The molecule has 7 heteroatoms. The SMILES string of the molecule is O=C(NCC1CCN(c2cccnc2)CC1)Nc1ccc(Cl)c(Cl)c1. The Morgan fingerprint density at radius 3 is 2.68 bits per heavy atom. The van der Waals surface area contributed by atoms with E-state index < -0.39 is 0 Å². The first kappa shape index (κ1) is 17.8. The third-order valence-corrected chi connectivity index (χ3v) is 5.09. The molecule has 1 saturated heterocycles. The minimum absolute atomic E-state index is 0.229. The maximum Gasteiger partial charge on any atom is 0.319 e. The lowest BCUT2D eigenvalue weighted by atomic mass is 9.96. The van der Waals surface area contributed by atoms with Crippen molar-refractivity contribution in [2.75, 3.05) is 29.9 Å². The molecule has 3 rings (SSSR count). The molecule has 1 fully saturated rings. The largest absolute Gasteiger partial charge is 0.370 e.